The van der Waals surface area contributed by atoms with Crippen LogP contribution in [0.3, 0.4) is 0 Å². The lowest BCUT2D eigenvalue weighted by Crippen LogP contribution is -2.14. The van der Waals surface area contributed by atoms with Gasteiger partial charge in [0.25, 0.3) is 5.91 Å². The summed E-state index contributed by atoms with van der Waals surface area (Å²) in [5, 5.41) is 5.85. The Bertz CT molecular complexity index is 1290. The molecule has 33 heavy (non-hydrogen) atoms. The number of thioether (sulfide) groups is 1. The number of amides is 2. The van der Waals surface area contributed by atoms with Crippen LogP contribution in [-0.2, 0) is 4.79 Å². The number of anilines is 2. The van der Waals surface area contributed by atoms with Gasteiger partial charge in [-0.2, -0.15) is 0 Å². The van der Waals surface area contributed by atoms with E-state index < -0.39 is 0 Å². The number of carbonyl (C=O) groups is 2. The van der Waals surface area contributed by atoms with Crippen molar-refractivity contribution >= 4 is 56.5 Å². The third-order valence-corrected chi connectivity index (χ3v) is 6.96. The molecule has 1 heterocycles. The maximum atomic E-state index is 12.6. The zero-order chi connectivity index (χ0) is 23.2. The first kappa shape index (κ1) is 22.8. The van der Waals surface area contributed by atoms with Crippen molar-refractivity contribution in [2.45, 2.75) is 18.2 Å². The van der Waals surface area contributed by atoms with Gasteiger partial charge in [-0.25, -0.2) is 4.98 Å². The van der Waals surface area contributed by atoms with Gasteiger partial charge in [0.05, 0.1) is 22.6 Å². The predicted octanol–water partition coefficient (Wildman–Crippen LogP) is 5.99. The fourth-order valence-corrected chi connectivity index (χ4v) is 5.05. The molecule has 0 fully saturated rings. The summed E-state index contributed by atoms with van der Waals surface area (Å²) >= 11 is 2.89. The molecule has 0 unspecified atom stereocenters. The molecule has 0 atom stereocenters. The normalized spacial score (nSPS) is 10.7. The molecule has 0 saturated heterocycles. The first-order chi connectivity index (χ1) is 16.0. The van der Waals surface area contributed by atoms with E-state index in [-0.39, 0.29) is 17.6 Å². The van der Waals surface area contributed by atoms with Crippen LogP contribution in [0.25, 0.3) is 10.2 Å². The highest BCUT2D eigenvalue weighted by atomic mass is 32.2. The number of ether oxygens (including phenoxy) is 1. The van der Waals surface area contributed by atoms with Crippen LogP contribution in [0.1, 0.15) is 22.8 Å². The first-order valence-corrected chi connectivity index (χ1v) is 12.2. The van der Waals surface area contributed by atoms with E-state index in [0.717, 1.165) is 31.6 Å². The second-order valence-corrected chi connectivity index (χ2v) is 9.48. The van der Waals surface area contributed by atoms with Gasteiger partial charge in [0.1, 0.15) is 5.75 Å². The van der Waals surface area contributed by atoms with Gasteiger partial charge in [-0.05, 0) is 67.9 Å². The van der Waals surface area contributed by atoms with Gasteiger partial charge in [-0.1, -0.05) is 30.0 Å². The monoisotopic (exact) mass is 477 g/mol. The van der Waals surface area contributed by atoms with Crippen molar-refractivity contribution < 1.29 is 14.3 Å². The number of hydrogen-bond donors (Lipinski definition) is 2. The Morgan fingerprint density at radius 1 is 1.03 bits per heavy atom. The number of fused-ring (bicyclic) bond motifs is 1. The van der Waals surface area contributed by atoms with Crippen molar-refractivity contribution in [2.75, 3.05) is 23.0 Å². The van der Waals surface area contributed by atoms with Crippen LogP contribution in [0.5, 0.6) is 5.75 Å². The number of rotatable bonds is 8. The van der Waals surface area contributed by atoms with E-state index in [1.54, 1.807) is 24.3 Å². The van der Waals surface area contributed by atoms with Gasteiger partial charge < -0.3 is 15.4 Å². The van der Waals surface area contributed by atoms with Crippen molar-refractivity contribution in [1.29, 1.82) is 0 Å². The van der Waals surface area contributed by atoms with Crippen molar-refractivity contribution in [1.82, 2.24) is 4.98 Å². The molecular formula is C25H23N3O3S2. The topological polar surface area (TPSA) is 80.3 Å². The Kier molecular flexibility index (Phi) is 7.26. The summed E-state index contributed by atoms with van der Waals surface area (Å²) in [5.74, 6) is 0.745. The van der Waals surface area contributed by atoms with Crippen LogP contribution in [0.2, 0.25) is 0 Å². The quantitative estimate of drug-likeness (QED) is 0.305. The standard InChI is InChI=1S/C25H23N3O3S2/c1-3-31-19-11-8-17(9-12-19)24(30)26-18-10-13-21-22(14-18)33-25(28-21)32-15-23(29)27-20-7-5-4-6-16(20)2/h4-14H,3,15H2,1-2H3,(H,26,30)(H,27,29). The van der Waals surface area contributed by atoms with E-state index in [4.69, 9.17) is 4.74 Å². The Labute approximate surface area is 200 Å². The van der Waals surface area contributed by atoms with Crippen LogP contribution >= 0.6 is 23.1 Å². The van der Waals surface area contributed by atoms with Crippen LogP contribution in [-0.4, -0.2) is 29.2 Å². The average Bonchev–Trinajstić information content (AvgIpc) is 3.22. The smallest absolute Gasteiger partial charge is 0.255 e. The third kappa shape index (κ3) is 5.91. The molecule has 2 N–H and O–H groups in total. The van der Waals surface area contributed by atoms with Crippen LogP contribution in [0.15, 0.2) is 71.1 Å². The number of aryl methyl sites for hydroxylation is 1. The van der Waals surface area contributed by atoms with Crippen molar-refractivity contribution in [2.24, 2.45) is 0 Å². The molecule has 0 aliphatic carbocycles. The summed E-state index contributed by atoms with van der Waals surface area (Å²) in [6.07, 6.45) is 0. The maximum Gasteiger partial charge on any atom is 0.255 e. The van der Waals surface area contributed by atoms with Gasteiger partial charge >= 0.3 is 0 Å². The largest absolute Gasteiger partial charge is 0.494 e. The van der Waals surface area contributed by atoms with Gasteiger partial charge in [0.15, 0.2) is 4.34 Å². The summed E-state index contributed by atoms with van der Waals surface area (Å²) in [6.45, 7) is 4.46. The summed E-state index contributed by atoms with van der Waals surface area (Å²) in [6, 6.07) is 20.3. The number of nitrogens with one attached hydrogen (secondary N) is 2. The van der Waals surface area contributed by atoms with E-state index in [0.29, 0.717) is 17.9 Å². The molecule has 168 valence electrons. The minimum absolute atomic E-state index is 0.0723. The molecule has 2 amide bonds. The highest BCUT2D eigenvalue weighted by molar-refractivity contribution is 8.01. The summed E-state index contributed by atoms with van der Waals surface area (Å²) in [4.78, 5) is 29.5. The molecule has 0 bridgehead atoms. The summed E-state index contributed by atoms with van der Waals surface area (Å²) < 4.78 is 7.17. The Morgan fingerprint density at radius 3 is 2.58 bits per heavy atom. The molecule has 1 aromatic heterocycles. The molecule has 3 aromatic carbocycles. The second-order valence-electron chi connectivity index (χ2n) is 7.23. The van der Waals surface area contributed by atoms with Gasteiger partial charge in [-0.15, -0.1) is 11.3 Å². The highest BCUT2D eigenvalue weighted by Gasteiger charge is 2.11. The SMILES string of the molecule is CCOc1ccc(C(=O)Nc2ccc3nc(SCC(=O)Nc4ccccc4C)sc3c2)cc1. The third-order valence-electron chi connectivity index (χ3n) is 4.80. The average molecular weight is 478 g/mol. The predicted molar refractivity (Wildman–Crippen MR) is 136 cm³/mol. The lowest BCUT2D eigenvalue weighted by Gasteiger charge is -2.07. The minimum atomic E-state index is -0.190. The molecule has 0 aliphatic heterocycles. The molecule has 0 saturated carbocycles. The lowest BCUT2D eigenvalue weighted by atomic mass is 10.2. The number of aromatic nitrogens is 1. The van der Waals surface area contributed by atoms with E-state index >= 15 is 0 Å². The molecule has 4 rings (SSSR count). The minimum Gasteiger partial charge on any atom is -0.494 e. The van der Waals surface area contributed by atoms with E-state index in [1.165, 1.54) is 23.1 Å². The van der Waals surface area contributed by atoms with Crippen LogP contribution in [0, 0.1) is 6.92 Å². The molecule has 4 aromatic rings. The molecule has 0 spiro atoms. The van der Waals surface area contributed by atoms with Gasteiger partial charge in [0.2, 0.25) is 5.91 Å². The number of para-hydroxylation sites is 1. The fraction of sp³-hybridized carbons (Fsp3) is 0.160. The highest BCUT2D eigenvalue weighted by Crippen LogP contribution is 2.31. The van der Waals surface area contributed by atoms with E-state index in [1.807, 2.05) is 56.3 Å². The number of benzene rings is 3. The van der Waals surface area contributed by atoms with E-state index in [2.05, 4.69) is 15.6 Å². The number of carbonyl (C=O) groups excluding carboxylic acids is 2. The van der Waals surface area contributed by atoms with Crippen molar-refractivity contribution in [3.8, 4) is 5.75 Å². The fourth-order valence-electron chi connectivity index (χ4n) is 3.14. The Morgan fingerprint density at radius 2 is 1.82 bits per heavy atom. The molecule has 8 heteroatoms. The Hall–Kier alpha value is -3.36. The summed E-state index contributed by atoms with van der Waals surface area (Å²) in [5.41, 5.74) is 3.93. The first-order valence-electron chi connectivity index (χ1n) is 10.4. The van der Waals surface area contributed by atoms with Gasteiger partial charge in [0, 0.05) is 16.9 Å². The zero-order valence-electron chi connectivity index (χ0n) is 18.3. The van der Waals surface area contributed by atoms with E-state index in [9.17, 15) is 9.59 Å². The van der Waals surface area contributed by atoms with Crippen LogP contribution < -0.4 is 15.4 Å². The molecule has 0 aliphatic rings. The molecule has 0 radical (unpaired) electrons. The van der Waals surface area contributed by atoms with Crippen molar-refractivity contribution in [3.63, 3.8) is 0 Å². The number of nitrogens with zero attached hydrogens (tertiary/aromatic N) is 1. The zero-order valence-corrected chi connectivity index (χ0v) is 19.9. The molecular weight excluding hydrogens is 454 g/mol. The summed E-state index contributed by atoms with van der Waals surface area (Å²) in [7, 11) is 0. The number of hydrogen-bond acceptors (Lipinski definition) is 6. The maximum absolute atomic E-state index is 12.6. The number of thiazole rings is 1. The lowest BCUT2D eigenvalue weighted by molar-refractivity contribution is -0.113. The van der Waals surface area contributed by atoms with Crippen molar-refractivity contribution in [3.05, 3.63) is 77.9 Å². The van der Waals surface area contributed by atoms with Crippen LogP contribution in [0.4, 0.5) is 11.4 Å². The second kappa shape index (κ2) is 10.5. The van der Waals surface area contributed by atoms with Gasteiger partial charge in [-0.3, -0.25) is 9.59 Å². The Balaban J connectivity index is 1.37. The molecule has 6 nitrogen and oxygen atoms in total.